The number of oxazole rings is 1. The highest BCUT2D eigenvalue weighted by Gasteiger charge is 2.11. The Morgan fingerprint density at radius 3 is 2.20 bits per heavy atom. The van der Waals surface area contributed by atoms with Crippen LogP contribution in [0.5, 0.6) is 0 Å². The third-order valence-electron chi connectivity index (χ3n) is 2.71. The average molecular weight is 265 g/mol. The van der Waals surface area contributed by atoms with Gasteiger partial charge in [-0.3, -0.25) is 4.98 Å². The lowest BCUT2D eigenvalue weighted by atomic mass is 10.2. The monoisotopic (exact) mass is 265 g/mol. The van der Waals surface area contributed by atoms with Crippen molar-refractivity contribution in [2.45, 2.75) is 0 Å². The molecule has 3 rings (SSSR count). The topological polar surface area (TPSA) is 70.7 Å². The second-order valence-electron chi connectivity index (χ2n) is 4.10. The molecule has 0 bridgehead atoms. The normalized spacial score (nSPS) is 11.0. The molecule has 0 aliphatic heterocycles. The molecule has 0 aliphatic rings. The van der Waals surface area contributed by atoms with Crippen LogP contribution in [-0.2, 0) is 0 Å². The highest BCUT2D eigenvalue weighted by molar-refractivity contribution is 5.67. The molecule has 20 heavy (non-hydrogen) atoms. The molecule has 1 heterocycles. The summed E-state index contributed by atoms with van der Waals surface area (Å²) in [5.41, 5.74) is 2.03. The van der Waals surface area contributed by atoms with Gasteiger partial charge in [0.05, 0.1) is 5.69 Å². The number of H-pyrrole nitrogens is 1. The zero-order valence-corrected chi connectivity index (χ0v) is 10.5. The van der Waals surface area contributed by atoms with Gasteiger partial charge in [0.1, 0.15) is 5.69 Å². The molecule has 0 aliphatic carbocycles. The zero-order chi connectivity index (χ0) is 13.8. The SMILES string of the molecule is O=c1[nH]c(-c2ccccc2)c(N=Nc2ccccc2)o1. The summed E-state index contributed by atoms with van der Waals surface area (Å²) < 4.78 is 5.02. The van der Waals surface area contributed by atoms with Crippen molar-refractivity contribution in [1.29, 1.82) is 0 Å². The van der Waals surface area contributed by atoms with Gasteiger partial charge in [0.15, 0.2) is 0 Å². The Hall–Kier alpha value is -2.95. The van der Waals surface area contributed by atoms with E-state index in [1.807, 2.05) is 60.7 Å². The van der Waals surface area contributed by atoms with E-state index in [0.29, 0.717) is 11.4 Å². The molecule has 0 saturated heterocycles. The first-order valence-electron chi connectivity index (χ1n) is 6.08. The standard InChI is InChI=1S/C15H11N3O2/c19-15-16-13(11-7-3-1-4-8-11)14(20-15)18-17-12-9-5-2-6-10-12/h1-10H,(H,16,19). The average Bonchev–Trinajstić information content (AvgIpc) is 2.88. The maximum atomic E-state index is 11.4. The first-order chi connectivity index (χ1) is 9.83. The molecule has 0 amide bonds. The molecule has 0 saturated carbocycles. The minimum Gasteiger partial charge on any atom is -0.387 e. The summed E-state index contributed by atoms with van der Waals surface area (Å²) in [5, 5.41) is 8.05. The summed E-state index contributed by atoms with van der Waals surface area (Å²) in [6, 6.07) is 18.6. The van der Waals surface area contributed by atoms with E-state index >= 15 is 0 Å². The van der Waals surface area contributed by atoms with Gasteiger partial charge in [0.25, 0.3) is 5.88 Å². The van der Waals surface area contributed by atoms with Gasteiger partial charge >= 0.3 is 5.76 Å². The molecule has 0 spiro atoms. The van der Waals surface area contributed by atoms with Gasteiger partial charge in [-0.1, -0.05) is 48.5 Å². The van der Waals surface area contributed by atoms with E-state index in [2.05, 4.69) is 15.2 Å². The Morgan fingerprint density at radius 1 is 0.850 bits per heavy atom. The zero-order valence-electron chi connectivity index (χ0n) is 10.5. The van der Waals surface area contributed by atoms with Crippen LogP contribution in [-0.4, -0.2) is 4.98 Å². The van der Waals surface area contributed by atoms with Crippen molar-refractivity contribution in [2.75, 3.05) is 0 Å². The Kier molecular flexibility index (Phi) is 3.24. The molecule has 0 radical (unpaired) electrons. The highest BCUT2D eigenvalue weighted by atomic mass is 16.4. The number of aromatic nitrogens is 1. The second kappa shape index (κ2) is 5.36. The molecule has 1 aromatic heterocycles. The van der Waals surface area contributed by atoms with Gasteiger partial charge in [-0.05, 0) is 12.1 Å². The molecule has 3 aromatic rings. The van der Waals surface area contributed by atoms with Crippen molar-refractivity contribution < 1.29 is 4.42 Å². The van der Waals surface area contributed by atoms with Crippen LogP contribution in [0, 0.1) is 0 Å². The molecule has 0 unspecified atom stereocenters. The number of aromatic amines is 1. The maximum absolute atomic E-state index is 11.4. The summed E-state index contributed by atoms with van der Waals surface area (Å²) >= 11 is 0. The lowest BCUT2D eigenvalue weighted by molar-refractivity contribution is 0.521. The molecule has 0 fully saturated rings. The molecular weight excluding hydrogens is 254 g/mol. The number of rotatable bonds is 3. The van der Waals surface area contributed by atoms with Crippen LogP contribution < -0.4 is 5.76 Å². The smallest absolute Gasteiger partial charge is 0.387 e. The van der Waals surface area contributed by atoms with Crippen LogP contribution in [0.3, 0.4) is 0 Å². The van der Waals surface area contributed by atoms with Gasteiger partial charge in [0, 0.05) is 5.56 Å². The Balaban J connectivity index is 1.99. The lowest BCUT2D eigenvalue weighted by Crippen LogP contribution is -1.94. The fourth-order valence-corrected chi connectivity index (χ4v) is 1.79. The van der Waals surface area contributed by atoms with E-state index in [4.69, 9.17) is 4.42 Å². The predicted octanol–water partition coefficient (Wildman–Crippen LogP) is 4.05. The van der Waals surface area contributed by atoms with Crippen molar-refractivity contribution >= 4 is 11.6 Å². The highest BCUT2D eigenvalue weighted by Crippen LogP contribution is 2.28. The van der Waals surface area contributed by atoms with Crippen molar-refractivity contribution in [1.82, 2.24) is 4.98 Å². The summed E-state index contributed by atoms with van der Waals surface area (Å²) in [4.78, 5) is 14.0. The van der Waals surface area contributed by atoms with Crippen molar-refractivity contribution in [3.05, 3.63) is 71.2 Å². The van der Waals surface area contributed by atoms with E-state index in [9.17, 15) is 4.79 Å². The van der Waals surface area contributed by atoms with Crippen LogP contribution in [0.2, 0.25) is 0 Å². The van der Waals surface area contributed by atoms with Gasteiger partial charge in [0.2, 0.25) is 0 Å². The fraction of sp³-hybridized carbons (Fsp3) is 0. The van der Waals surface area contributed by atoms with Crippen LogP contribution in [0.1, 0.15) is 0 Å². The number of nitrogens with one attached hydrogen (secondary N) is 1. The van der Waals surface area contributed by atoms with Gasteiger partial charge in [-0.15, -0.1) is 10.2 Å². The fourth-order valence-electron chi connectivity index (χ4n) is 1.79. The Labute approximate surface area is 114 Å². The summed E-state index contributed by atoms with van der Waals surface area (Å²) in [7, 11) is 0. The van der Waals surface area contributed by atoms with Crippen LogP contribution in [0.25, 0.3) is 11.3 Å². The molecule has 0 atom stereocenters. The first kappa shape index (κ1) is 12.1. The van der Waals surface area contributed by atoms with Gasteiger partial charge in [-0.2, -0.15) is 0 Å². The first-order valence-corrected chi connectivity index (χ1v) is 6.08. The molecule has 2 aromatic carbocycles. The number of hydrogen-bond acceptors (Lipinski definition) is 4. The minimum atomic E-state index is -0.550. The van der Waals surface area contributed by atoms with Crippen LogP contribution >= 0.6 is 0 Å². The summed E-state index contributed by atoms with van der Waals surface area (Å²) in [6.07, 6.45) is 0. The second-order valence-corrected chi connectivity index (χ2v) is 4.10. The van der Waals surface area contributed by atoms with E-state index in [0.717, 1.165) is 5.56 Å². The van der Waals surface area contributed by atoms with Crippen molar-refractivity contribution in [3.8, 4) is 11.3 Å². The number of benzene rings is 2. The largest absolute Gasteiger partial charge is 0.418 e. The molecule has 5 nitrogen and oxygen atoms in total. The van der Waals surface area contributed by atoms with E-state index in [1.54, 1.807) is 0 Å². The van der Waals surface area contributed by atoms with Gasteiger partial charge in [-0.25, -0.2) is 4.79 Å². The van der Waals surface area contributed by atoms with E-state index in [1.165, 1.54) is 0 Å². The predicted molar refractivity (Wildman–Crippen MR) is 75.4 cm³/mol. The van der Waals surface area contributed by atoms with Crippen molar-refractivity contribution in [2.24, 2.45) is 10.2 Å². The van der Waals surface area contributed by atoms with Crippen LogP contribution in [0.15, 0.2) is 80.1 Å². The Morgan fingerprint density at radius 2 is 1.50 bits per heavy atom. The third kappa shape index (κ3) is 2.56. The summed E-state index contributed by atoms with van der Waals surface area (Å²) in [6.45, 7) is 0. The lowest BCUT2D eigenvalue weighted by Gasteiger charge is -1.96. The van der Waals surface area contributed by atoms with Crippen molar-refractivity contribution in [3.63, 3.8) is 0 Å². The molecular formula is C15H11N3O2. The molecule has 1 N–H and O–H groups in total. The Bertz CT molecular complexity index is 774. The van der Waals surface area contributed by atoms with E-state index < -0.39 is 5.76 Å². The molecule has 98 valence electrons. The van der Waals surface area contributed by atoms with E-state index in [-0.39, 0.29) is 5.88 Å². The molecule has 5 heteroatoms. The minimum absolute atomic E-state index is 0.171. The van der Waals surface area contributed by atoms with Crippen LogP contribution in [0.4, 0.5) is 11.6 Å². The number of nitrogens with zero attached hydrogens (tertiary/aromatic N) is 2. The summed E-state index contributed by atoms with van der Waals surface area (Å²) in [5.74, 6) is -0.379. The maximum Gasteiger partial charge on any atom is 0.418 e. The number of azo groups is 1. The number of hydrogen-bond donors (Lipinski definition) is 1. The third-order valence-corrected chi connectivity index (χ3v) is 2.71. The van der Waals surface area contributed by atoms with Gasteiger partial charge < -0.3 is 4.42 Å². The quantitative estimate of drug-likeness (QED) is 0.725.